The largest absolute Gasteiger partial charge is 0.486 e. The lowest BCUT2D eigenvalue weighted by molar-refractivity contribution is 0.104. The lowest BCUT2D eigenvalue weighted by atomic mass is 10.1. The first-order valence-corrected chi connectivity index (χ1v) is 6.70. The molecule has 21 heavy (non-hydrogen) atoms. The van der Waals surface area contributed by atoms with Crippen LogP contribution in [0.1, 0.15) is 15.9 Å². The number of ether oxygens (including phenoxy) is 2. The van der Waals surface area contributed by atoms with Crippen molar-refractivity contribution in [2.24, 2.45) is 0 Å². The number of fused-ring (bicyclic) bond motifs is 1. The van der Waals surface area contributed by atoms with Gasteiger partial charge in [-0.15, -0.1) is 0 Å². The summed E-state index contributed by atoms with van der Waals surface area (Å²) < 4.78 is 11.0. The van der Waals surface area contributed by atoms with Gasteiger partial charge in [0.05, 0.1) is 0 Å². The van der Waals surface area contributed by atoms with Crippen LogP contribution in [0.15, 0.2) is 48.5 Å². The number of anilines is 1. The maximum atomic E-state index is 12.1. The molecule has 3 rings (SSSR count). The van der Waals surface area contributed by atoms with Crippen LogP contribution in [0.3, 0.4) is 0 Å². The van der Waals surface area contributed by atoms with Gasteiger partial charge >= 0.3 is 0 Å². The predicted molar refractivity (Wildman–Crippen MR) is 81.7 cm³/mol. The molecule has 0 fully saturated rings. The molecule has 2 aromatic carbocycles. The van der Waals surface area contributed by atoms with Crippen LogP contribution in [-0.4, -0.2) is 19.0 Å². The van der Waals surface area contributed by atoms with E-state index in [9.17, 15) is 4.79 Å². The zero-order chi connectivity index (χ0) is 14.7. The molecule has 106 valence electrons. The van der Waals surface area contributed by atoms with Gasteiger partial charge < -0.3 is 15.2 Å². The van der Waals surface area contributed by atoms with Crippen LogP contribution >= 0.6 is 0 Å². The van der Waals surface area contributed by atoms with Gasteiger partial charge in [0.25, 0.3) is 0 Å². The third-order valence-corrected chi connectivity index (χ3v) is 3.22. The van der Waals surface area contributed by atoms with Crippen LogP contribution in [0.2, 0.25) is 0 Å². The molecule has 0 bridgehead atoms. The number of hydrogen-bond donors (Lipinski definition) is 1. The summed E-state index contributed by atoms with van der Waals surface area (Å²) in [6.07, 6.45) is 3.25. The number of allylic oxidation sites excluding steroid dienone is 1. The van der Waals surface area contributed by atoms with Crippen molar-refractivity contribution in [2.45, 2.75) is 0 Å². The Morgan fingerprint density at radius 1 is 1.05 bits per heavy atom. The Balaban J connectivity index is 1.80. The van der Waals surface area contributed by atoms with E-state index in [2.05, 4.69) is 0 Å². The van der Waals surface area contributed by atoms with Crippen LogP contribution < -0.4 is 15.2 Å². The number of carbonyl (C=O) groups excluding carboxylic acids is 1. The number of carbonyl (C=O) groups is 1. The quantitative estimate of drug-likeness (QED) is 0.534. The minimum atomic E-state index is -0.122. The number of rotatable bonds is 3. The van der Waals surface area contributed by atoms with E-state index in [1.165, 1.54) is 6.08 Å². The molecule has 0 spiro atoms. The molecule has 0 atom stereocenters. The van der Waals surface area contributed by atoms with Crippen LogP contribution in [0.25, 0.3) is 6.08 Å². The van der Waals surface area contributed by atoms with Crippen LogP contribution in [0.5, 0.6) is 11.5 Å². The number of ketones is 1. The molecular formula is C17H15NO3. The number of para-hydroxylation sites is 1. The van der Waals surface area contributed by atoms with Gasteiger partial charge in [-0.1, -0.05) is 24.3 Å². The molecule has 0 unspecified atom stereocenters. The monoisotopic (exact) mass is 281 g/mol. The van der Waals surface area contributed by atoms with Crippen molar-refractivity contribution in [3.63, 3.8) is 0 Å². The van der Waals surface area contributed by atoms with Crippen LogP contribution in [0.4, 0.5) is 5.69 Å². The van der Waals surface area contributed by atoms with E-state index in [1.54, 1.807) is 30.3 Å². The van der Waals surface area contributed by atoms with Gasteiger partial charge in [-0.2, -0.15) is 0 Å². The van der Waals surface area contributed by atoms with E-state index in [4.69, 9.17) is 15.2 Å². The predicted octanol–water partition coefficient (Wildman–Crippen LogP) is 2.94. The van der Waals surface area contributed by atoms with Crippen molar-refractivity contribution in [1.82, 2.24) is 0 Å². The molecule has 0 radical (unpaired) electrons. The van der Waals surface area contributed by atoms with Crippen molar-refractivity contribution in [3.8, 4) is 11.5 Å². The van der Waals surface area contributed by atoms with E-state index in [-0.39, 0.29) is 5.78 Å². The minimum Gasteiger partial charge on any atom is -0.486 e. The number of benzene rings is 2. The average molecular weight is 281 g/mol. The lowest BCUT2D eigenvalue weighted by Gasteiger charge is -2.18. The highest BCUT2D eigenvalue weighted by Crippen LogP contribution is 2.31. The van der Waals surface area contributed by atoms with Gasteiger partial charge in [-0.05, 0) is 35.9 Å². The summed E-state index contributed by atoms with van der Waals surface area (Å²) >= 11 is 0. The normalized spacial score (nSPS) is 13.3. The molecule has 1 aliphatic rings. The van der Waals surface area contributed by atoms with Crippen molar-refractivity contribution in [2.75, 3.05) is 18.9 Å². The summed E-state index contributed by atoms with van der Waals surface area (Å²) in [7, 11) is 0. The minimum absolute atomic E-state index is 0.122. The maximum Gasteiger partial charge on any atom is 0.187 e. The van der Waals surface area contributed by atoms with Crippen molar-refractivity contribution < 1.29 is 14.3 Å². The SMILES string of the molecule is Nc1ccccc1C(=O)/C=C/c1ccc2c(c1)OCCO2. The Kier molecular flexibility index (Phi) is 3.60. The van der Waals surface area contributed by atoms with E-state index in [0.717, 1.165) is 11.3 Å². The summed E-state index contributed by atoms with van der Waals surface area (Å²) in [6.45, 7) is 1.10. The second kappa shape index (κ2) is 5.71. The van der Waals surface area contributed by atoms with E-state index in [1.807, 2.05) is 18.2 Å². The molecule has 0 saturated heterocycles. The Labute approximate surface area is 122 Å². The standard InChI is InChI=1S/C17H15NO3/c18-14-4-2-1-3-13(14)15(19)7-5-12-6-8-16-17(11-12)21-10-9-20-16/h1-8,11H,9-10,18H2/b7-5+. The van der Waals surface area contributed by atoms with Crippen LogP contribution in [-0.2, 0) is 0 Å². The second-order valence-electron chi connectivity index (χ2n) is 4.69. The molecule has 1 aliphatic heterocycles. The van der Waals surface area contributed by atoms with Gasteiger partial charge in [-0.3, -0.25) is 4.79 Å². The second-order valence-corrected chi connectivity index (χ2v) is 4.69. The first-order chi connectivity index (χ1) is 10.2. The zero-order valence-corrected chi connectivity index (χ0v) is 11.4. The Morgan fingerprint density at radius 3 is 2.62 bits per heavy atom. The fourth-order valence-electron chi connectivity index (χ4n) is 2.15. The number of nitrogens with two attached hydrogens (primary N) is 1. The molecule has 0 saturated carbocycles. The topological polar surface area (TPSA) is 61.6 Å². The molecule has 2 N–H and O–H groups in total. The molecule has 4 nitrogen and oxygen atoms in total. The van der Waals surface area contributed by atoms with Crippen molar-refractivity contribution in [3.05, 3.63) is 59.7 Å². The fourth-order valence-corrected chi connectivity index (χ4v) is 2.15. The first-order valence-electron chi connectivity index (χ1n) is 6.70. The first kappa shape index (κ1) is 13.2. The summed E-state index contributed by atoms with van der Waals surface area (Å²) in [5.41, 5.74) is 7.65. The highest BCUT2D eigenvalue weighted by Gasteiger charge is 2.11. The highest BCUT2D eigenvalue weighted by atomic mass is 16.6. The van der Waals surface area contributed by atoms with Crippen molar-refractivity contribution >= 4 is 17.5 Å². The third kappa shape index (κ3) is 2.89. The third-order valence-electron chi connectivity index (χ3n) is 3.22. The van der Waals surface area contributed by atoms with Gasteiger partial charge in [0.1, 0.15) is 13.2 Å². The fraction of sp³-hybridized carbons (Fsp3) is 0.118. The van der Waals surface area contributed by atoms with Gasteiger partial charge in [0.2, 0.25) is 0 Å². The molecule has 0 aromatic heterocycles. The smallest absolute Gasteiger partial charge is 0.187 e. The molecule has 4 heteroatoms. The average Bonchev–Trinajstić information content (AvgIpc) is 2.53. The molecule has 1 heterocycles. The summed E-state index contributed by atoms with van der Waals surface area (Å²) in [6, 6.07) is 12.6. The van der Waals surface area contributed by atoms with E-state index >= 15 is 0 Å². The van der Waals surface area contributed by atoms with E-state index < -0.39 is 0 Å². The van der Waals surface area contributed by atoms with Crippen LogP contribution in [0, 0.1) is 0 Å². The summed E-state index contributed by atoms with van der Waals surface area (Å²) in [5.74, 6) is 1.31. The van der Waals surface area contributed by atoms with Gasteiger partial charge in [0, 0.05) is 11.3 Å². The zero-order valence-electron chi connectivity index (χ0n) is 11.4. The number of hydrogen-bond acceptors (Lipinski definition) is 4. The molecule has 0 amide bonds. The van der Waals surface area contributed by atoms with Gasteiger partial charge in [0.15, 0.2) is 17.3 Å². The Hall–Kier alpha value is -2.75. The molecule has 0 aliphatic carbocycles. The maximum absolute atomic E-state index is 12.1. The van der Waals surface area contributed by atoms with Gasteiger partial charge in [-0.25, -0.2) is 0 Å². The highest BCUT2D eigenvalue weighted by molar-refractivity contribution is 6.10. The Morgan fingerprint density at radius 2 is 1.81 bits per heavy atom. The summed E-state index contributed by atoms with van der Waals surface area (Å²) in [5, 5.41) is 0. The molecular weight excluding hydrogens is 266 g/mol. The number of nitrogen functional groups attached to an aromatic ring is 1. The molecule has 2 aromatic rings. The van der Waals surface area contributed by atoms with E-state index in [0.29, 0.717) is 30.2 Å². The lowest BCUT2D eigenvalue weighted by Crippen LogP contribution is -2.15. The van der Waals surface area contributed by atoms with Crippen molar-refractivity contribution in [1.29, 1.82) is 0 Å². The summed E-state index contributed by atoms with van der Waals surface area (Å²) in [4.78, 5) is 12.1. The Bertz CT molecular complexity index is 707.